The first-order chi connectivity index (χ1) is 16.8. The van der Waals surface area contributed by atoms with E-state index in [0.717, 1.165) is 56.6 Å². The molecule has 186 valence electrons. The van der Waals surface area contributed by atoms with E-state index in [-0.39, 0.29) is 36.5 Å². The zero-order valence-corrected chi connectivity index (χ0v) is 19.8. The fourth-order valence-corrected chi connectivity index (χ4v) is 5.51. The van der Waals surface area contributed by atoms with Crippen LogP contribution in [-0.2, 0) is 24.8 Å². The van der Waals surface area contributed by atoms with Crippen molar-refractivity contribution in [1.29, 1.82) is 0 Å². The van der Waals surface area contributed by atoms with Crippen molar-refractivity contribution in [2.24, 2.45) is 13.0 Å². The summed E-state index contributed by atoms with van der Waals surface area (Å²) in [4.78, 5) is 44.3. The molecule has 0 aliphatic carbocycles. The third-order valence-electron chi connectivity index (χ3n) is 7.38. The van der Waals surface area contributed by atoms with Crippen molar-refractivity contribution in [3.8, 4) is 0 Å². The van der Waals surface area contributed by atoms with Gasteiger partial charge in [-0.1, -0.05) is 6.07 Å². The van der Waals surface area contributed by atoms with Gasteiger partial charge in [-0.2, -0.15) is 5.10 Å². The Kier molecular flexibility index (Phi) is 6.29. The molecule has 1 aromatic carbocycles. The predicted octanol–water partition coefficient (Wildman–Crippen LogP) is 2.37. The first-order valence-electron chi connectivity index (χ1n) is 12.2. The van der Waals surface area contributed by atoms with Crippen LogP contribution in [-0.4, -0.2) is 74.9 Å². The minimum absolute atomic E-state index is 0.0425. The summed E-state index contributed by atoms with van der Waals surface area (Å²) in [5, 5.41) is 4.46. The topological polar surface area (TPSA) is 78.8 Å². The number of hydrogen-bond acceptors (Lipinski definition) is 4. The highest BCUT2D eigenvalue weighted by Gasteiger charge is 2.36. The summed E-state index contributed by atoms with van der Waals surface area (Å²) < 4.78 is 30.1. The van der Waals surface area contributed by atoms with Crippen LogP contribution in [0.4, 0.5) is 8.78 Å². The lowest BCUT2D eigenvalue weighted by Gasteiger charge is -2.34. The number of carbonyl (C=O) groups excluding carboxylic acids is 3. The summed E-state index contributed by atoms with van der Waals surface area (Å²) in [5.41, 5.74) is 1.07. The molecule has 2 aromatic rings. The van der Waals surface area contributed by atoms with Gasteiger partial charge in [-0.05, 0) is 37.8 Å². The molecule has 2 saturated heterocycles. The molecule has 1 atom stereocenters. The molecule has 10 heteroatoms. The Morgan fingerprint density at radius 1 is 0.914 bits per heavy atom. The Bertz CT molecular complexity index is 1150. The molecule has 2 fully saturated rings. The van der Waals surface area contributed by atoms with Crippen molar-refractivity contribution in [2.75, 3.05) is 32.7 Å². The van der Waals surface area contributed by atoms with Gasteiger partial charge in [-0.15, -0.1) is 0 Å². The van der Waals surface area contributed by atoms with Crippen LogP contribution in [0.25, 0.3) is 0 Å². The van der Waals surface area contributed by atoms with E-state index in [2.05, 4.69) is 5.10 Å². The number of amides is 3. The Morgan fingerprint density at radius 3 is 2.31 bits per heavy atom. The summed E-state index contributed by atoms with van der Waals surface area (Å²) in [5.74, 6) is -2.94. The summed E-state index contributed by atoms with van der Waals surface area (Å²) >= 11 is 0. The zero-order chi connectivity index (χ0) is 24.7. The first-order valence-corrected chi connectivity index (χ1v) is 12.2. The molecule has 3 aliphatic heterocycles. The first kappa shape index (κ1) is 23.4. The third-order valence-corrected chi connectivity index (χ3v) is 7.38. The summed E-state index contributed by atoms with van der Waals surface area (Å²) in [6.07, 6.45) is 3.96. The van der Waals surface area contributed by atoms with Crippen LogP contribution in [0.2, 0.25) is 0 Å². The Balaban J connectivity index is 1.35. The van der Waals surface area contributed by atoms with Crippen LogP contribution in [0.1, 0.15) is 57.8 Å². The number of likely N-dealkylation sites (tertiary alicyclic amines) is 2. The molecular weight excluding hydrogens is 456 g/mol. The number of rotatable bonds is 3. The van der Waals surface area contributed by atoms with E-state index in [9.17, 15) is 23.2 Å². The van der Waals surface area contributed by atoms with Crippen LogP contribution in [0.3, 0.4) is 0 Å². The van der Waals surface area contributed by atoms with Gasteiger partial charge in [0.1, 0.15) is 17.2 Å². The highest BCUT2D eigenvalue weighted by atomic mass is 19.1. The van der Waals surface area contributed by atoms with Crippen LogP contribution < -0.4 is 0 Å². The van der Waals surface area contributed by atoms with Crippen molar-refractivity contribution in [2.45, 2.75) is 38.6 Å². The lowest BCUT2D eigenvalue weighted by Crippen LogP contribution is -2.46. The van der Waals surface area contributed by atoms with Crippen LogP contribution in [0.5, 0.6) is 0 Å². The monoisotopic (exact) mass is 485 g/mol. The second-order valence-corrected chi connectivity index (χ2v) is 9.59. The van der Waals surface area contributed by atoms with Gasteiger partial charge >= 0.3 is 0 Å². The molecule has 35 heavy (non-hydrogen) atoms. The minimum Gasteiger partial charge on any atom is -0.342 e. The summed E-state index contributed by atoms with van der Waals surface area (Å²) in [6, 6.07) is 3.33. The molecule has 0 radical (unpaired) electrons. The number of benzene rings is 1. The van der Waals surface area contributed by atoms with E-state index < -0.39 is 23.1 Å². The minimum atomic E-state index is -0.912. The highest BCUT2D eigenvalue weighted by Crippen LogP contribution is 2.28. The van der Waals surface area contributed by atoms with Crippen LogP contribution >= 0.6 is 0 Å². The molecule has 0 bridgehead atoms. The van der Waals surface area contributed by atoms with Crippen molar-refractivity contribution in [3.05, 3.63) is 52.3 Å². The Hall–Kier alpha value is -3.30. The van der Waals surface area contributed by atoms with Crippen molar-refractivity contribution in [1.82, 2.24) is 24.5 Å². The standard InChI is InChI=1S/C25H29F2N5O3/c1-29-20-9-13-32(24(34)21-18(26)7-4-8-19(21)27)15-17(20)22(28-29)25(35)31-12-5-6-16(14-31)23(33)30-10-2-3-11-30/h4,7-8,16H,2-3,5-6,9-15H2,1H3/t16-/m1/s1. The van der Waals surface area contributed by atoms with Crippen LogP contribution in [0.15, 0.2) is 18.2 Å². The van der Waals surface area contributed by atoms with E-state index in [0.29, 0.717) is 25.1 Å². The molecule has 1 aromatic heterocycles. The summed E-state index contributed by atoms with van der Waals surface area (Å²) in [6.45, 7) is 2.76. The molecule has 0 spiro atoms. The number of nitrogens with zero attached hydrogens (tertiary/aromatic N) is 5. The number of aromatic nitrogens is 2. The van der Waals surface area contributed by atoms with Gasteiger partial charge in [0.05, 0.1) is 12.5 Å². The van der Waals surface area contributed by atoms with Crippen molar-refractivity contribution < 1.29 is 23.2 Å². The van der Waals surface area contributed by atoms with Gasteiger partial charge in [-0.25, -0.2) is 8.78 Å². The van der Waals surface area contributed by atoms with Crippen molar-refractivity contribution >= 4 is 17.7 Å². The van der Waals surface area contributed by atoms with Gasteiger partial charge in [0.15, 0.2) is 5.69 Å². The maximum atomic E-state index is 14.2. The average molecular weight is 486 g/mol. The number of carbonyl (C=O) groups is 3. The van der Waals surface area contributed by atoms with Gasteiger partial charge in [0.25, 0.3) is 11.8 Å². The van der Waals surface area contributed by atoms with Gasteiger partial charge in [0.2, 0.25) is 5.91 Å². The lowest BCUT2D eigenvalue weighted by molar-refractivity contribution is -0.135. The molecule has 0 unspecified atom stereocenters. The molecule has 3 aliphatic rings. The summed E-state index contributed by atoms with van der Waals surface area (Å²) in [7, 11) is 1.75. The molecule has 0 saturated carbocycles. The number of piperidine rings is 1. The fourth-order valence-electron chi connectivity index (χ4n) is 5.51. The third kappa shape index (κ3) is 4.30. The normalized spacial score (nSPS) is 20.2. The second-order valence-electron chi connectivity index (χ2n) is 9.59. The number of aryl methyl sites for hydroxylation is 1. The zero-order valence-electron chi connectivity index (χ0n) is 19.8. The lowest BCUT2D eigenvalue weighted by atomic mass is 9.95. The molecule has 8 nitrogen and oxygen atoms in total. The maximum absolute atomic E-state index is 14.2. The number of halogens is 2. The predicted molar refractivity (Wildman–Crippen MR) is 122 cm³/mol. The number of hydrogen-bond donors (Lipinski definition) is 0. The van der Waals surface area contributed by atoms with Crippen molar-refractivity contribution in [3.63, 3.8) is 0 Å². The smallest absolute Gasteiger partial charge is 0.274 e. The average Bonchev–Trinajstić information content (AvgIpc) is 3.51. The Labute approximate surface area is 202 Å². The highest BCUT2D eigenvalue weighted by molar-refractivity contribution is 5.97. The molecule has 3 amide bonds. The van der Waals surface area contributed by atoms with E-state index in [1.54, 1.807) is 16.6 Å². The fraction of sp³-hybridized carbons (Fsp3) is 0.520. The van der Waals surface area contributed by atoms with E-state index in [4.69, 9.17) is 0 Å². The maximum Gasteiger partial charge on any atom is 0.274 e. The van der Waals surface area contributed by atoms with Gasteiger partial charge < -0.3 is 14.7 Å². The molecule has 0 N–H and O–H groups in total. The Morgan fingerprint density at radius 2 is 1.60 bits per heavy atom. The largest absolute Gasteiger partial charge is 0.342 e. The van der Waals surface area contributed by atoms with Crippen LogP contribution in [0, 0.1) is 17.6 Å². The molecule has 4 heterocycles. The van der Waals surface area contributed by atoms with E-state index >= 15 is 0 Å². The van der Waals surface area contributed by atoms with E-state index in [1.807, 2.05) is 4.90 Å². The van der Waals surface area contributed by atoms with Gasteiger partial charge in [-0.3, -0.25) is 19.1 Å². The second kappa shape index (κ2) is 9.39. The van der Waals surface area contributed by atoms with Gasteiger partial charge in [0, 0.05) is 57.4 Å². The number of fused-ring (bicyclic) bond motifs is 1. The quantitative estimate of drug-likeness (QED) is 0.669. The van der Waals surface area contributed by atoms with E-state index in [1.165, 1.54) is 11.0 Å². The molecule has 5 rings (SSSR count). The molecular formula is C25H29F2N5O3. The SMILES string of the molecule is Cn1nc(C(=O)N2CCC[C@@H](C(=O)N3CCCC3)C2)c2c1CCN(C(=O)c1c(F)cccc1F)C2.